The average Bonchev–Trinajstić information content (AvgIpc) is 2.93. The Hall–Kier alpha value is -1.79. The molecule has 0 radical (unpaired) electrons. The van der Waals surface area contributed by atoms with Gasteiger partial charge in [-0.2, -0.15) is 16.9 Å². The Morgan fingerprint density at radius 2 is 2.09 bits per heavy atom. The lowest BCUT2D eigenvalue weighted by Gasteiger charge is -2.22. The zero-order valence-corrected chi connectivity index (χ0v) is 13.9. The third kappa shape index (κ3) is 4.11. The third-order valence-electron chi connectivity index (χ3n) is 3.45. The molecule has 2 rings (SSSR count). The lowest BCUT2D eigenvalue weighted by molar-refractivity contribution is 0.0526. The predicted molar refractivity (Wildman–Crippen MR) is 88.8 cm³/mol. The number of hydrogen-bond acceptors (Lipinski definition) is 4. The molecule has 1 unspecified atom stereocenters. The maximum absolute atomic E-state index is 12.1. The average molecular weight is 319 g/mol. The minimum Gasteiger partial charge on any atom is -0.383 e. The van der Waals surface area contributed by atoms with Crippen LogP contribution in [0.3, 0.4) is 0 Å². The molecule has 0 aliphatic carbocycles. The van der Waals surface area contributed by atoms with Crippen LogP contribution < -0.4 is 5.32 Å². The molecule has 0 fully saturated rings. The first-order valence-corrected chi connectivity index (χ1v) is 8.39. The number of thioether (sulfide) groups is 1. The molecule has 22 heavy (non-hydrogen) atoms. The largest absolute Gasteiger partial charge is 0.383 e. The molecule has 0 spiro atoms. The van der Waals surface area contributed by atoms with Gasteiger partial charge in [-0.25, -0.2) is 0 Å². The number of nitrogens with zero attached hydrogens (tertiary/aromatic N) is 2. The van der Waals surface area contributed by atoms with Gasteiger partial charge in [0.1, 0.15) is 5.60 Å². The van der Waals surface area contributed by atoms with Crippen LogP contribution in [0.15, 0.2) is 36.7 Å². The van der Waals surface area contributed by atoms with Crippen LogP contribution in [0.1, 0.15) is 28.4 Å². The summed E-state index contributed by atoms with van der Waals surface area (Å²) in [7, 11) is 1.79. The molecule has 118 valence electrons. The van der Waals surface area contributed by atoms with Crippen molar-refractivity contribution in [2.24, 2.45) is 7.05 Å². The van der Waals surface area contributed by atoms with Gasteiger partial charge in [0.05, 0.1) is 12.7 Å². The van der Waals surface area contributed by atoms with E-state index < -0.39 is 5.60 Å². The van der Waals surface area contributed by atoms with E-state index >= 15 is 0 Å². The number of carbonyl (C=O) groups is 1. The second-order valence-corrected chi connectivity index (χ2v) is 6.36. The molecule has 0 aliphatic heterocycles. The summed E-state index contributed by atoms with van der Waals surface area (Å²) in [6.07, 6.45) is 5.38. The molecule has 0 bridgehead atoms. The highest BCUT2D eigenvalue weighted by Gasteiger charge is 2.25. The van der Waals surface area contributed by atoms with Gasteiger partial charge in [-0.15, -0.1) is 0 Å². The molecular weight excluding hydrogens is 298 g/mol. The Labute approximate surface area is 134 Å². The zero-order valence-electron chi connectivity index (χ0n) is 13.0. The number of hydrogen-bond donors (Lipinski definition) is 2. The number of aromatic nitrogens is 2. The van der Waals surface area contributed by atoms with Crippen LogP contribution in [0.25, 0.3) is 0 Å². The standard InChI is InChI=1S/C16H21N3O2S/c1-16(21,14-8-18-19(2)9-14)11-17-15(20)13-6-4-12(5-7-13)10-22-3/h4-9,21H,10-11H2,1-3H3,(H,17,20). The number of benzene rings is 1. The van der Waals surface area contributed by atoms with Crippen LogP contribution >= 0.6 is 11.8 Å². The molecule has 2 aromatic rings. The van der Waals surface area contributed by atoms with Gasteiger partial charge in [0, 0.05) is 30.1 Å². The second kappa shape index (κ2) is 6.98. The topological polar surface area (TPSA) is 67.2 Å². The van der Waals surface area contributed by atoms with Crippen LogP contribution in [0.5, 0.6) is 0 Å². The Kier molecular flexibility index (Phi) is 5.26. The fraction of sp³-hybridized carbons (Fsp3) is 0.375. The maximum Gasteiger partial charge on any atom is 0.251 e. The molecule has 0 aliphatic rings. The molecule has 1 aromatic carbocycles. The Balaban J connectivity index is 1.97. The molecule has 0 saturated heterocycles. The van der Waals surface area contributed by atoms with Gasteiger partial charge < -0.3 is 10.4 Å². The number of nitrogens with one attached hydrogen (secondary N) is 1. The molecule has 2 N–H and O–H groups in total. The van der Waals surface area contributed by atoms with E-state index in [1.807, 2.05) is 18.4 Å². The third-order valence-corrected chi connectivity index (χ3v) is 4.07. The van der Waals surface area contributed by atoms with Crippen LogP contribution in [-0.4, -0.2) is 33.6 Å². The summed E-state index contributed by atoms with van der Waals surface area (Å²) in [5.74, 6) is 0.734. The van der Waals surface area contributed by atoms with E-state index in [-0.39, 0.29) is 12.5 Å². The zero-order chi connectivity index (χ0) is 16.2. The summed E-state index contributed by atoms with van der Waals surface area (Å²) < 4.78 is 1.62. The van der Waals surface area contributed by atoms with E-state index in [1.54, 1.807) is 54.9 Å². The van der Waals surface area contributed by atoms with Crippen molar-refractivity contribution in [3.63, 3.8) is 0 Å². The van der Waals surface area contributed by atoms with Gasteiger partial charge in [0.25, 0.3) is 5.91 Å². The van der Waals surface area contributed by atoms with Crippen LogP contribution in [-0.2, 0) is 18.4 Å². The summed E-state index contributed by atoms with van der Waals surface area (Å²) >= 11 is 1.74. The number of aliphatic hydroxyl groups is 1. The molecule has 1 atom stereocenters. The van der Waals surface area contributed by atoms with E-state index in [2.05, 4.69) is 10.4 Å². The van der Waals surface area contributed by atoms with Crippen LogP contribution in [0, 0.1) is 0 Å². The quantitative estimate of drug-likeness (QED) is 0.854. The van der Waals surface area contributed by atoms with Crippen molar-refractivity contribution in [3.8, 4) is 0 Å². The highest BCUT2D eigenvalue weighted by atomic mass is 32.2. The van der Waals surface area contributed by atoms with Crippen LogP contribution in [0.2, 0.25) is 0 Å². The van der Waals surface area contributed by atoms with Gasteiger partial charge in [-0.3, -0.25) is 9.48 Å². The maximum atomic E-state index is 12.1. The molecule has 1 heterocycles. The van der Waals surface area contributed by atoms with E-state index in [4.69, 9.17) is 0 Å². The lowest BCUT2D eigenvalue weighted by atomic mass is 9.99. The van der Waals surface area contributed by atoms with Crippen molar-refractivity contribution in [2.45, 2.75) is 18.3 Å². The fourth-order valence-corrected chi connectivity index (χ4v) is 2.60. The smallest absolute Gasteiger partial charge is 0.251 e. The predicted octanol–water partition coefficient (Wildman–Crippen LogP) is 1.92. The monoisotopic (exact) mass is 319 g/mol. The SMILES string of the molecule is CSCc1ccc(C(=O)NCC(C)(O)c2cnn(C)c2)cc1. The Morgan fingerprint density at radius 1 is 1.41 bits per heavy atom. The van der Waals surface area contributed by atoms with Gasteiger partial charge >= 0.3 is 0 Å². The summed E-state index contributed by atoms with van der Waals surface area (Å²) in [5.41, 5.74) is 1.30. The highest BCUT2D eigenvalue weighted by molar-refractivity contribution is 7.97. The second-order valence-electron chi connectivity index (χ2n) is 5.49. The van der Waals surface area contributed by atoms with Gasteiger partial charge in [0.2, 0.25) is 0 Å². The summed E-state index contributed by atoms with van der Waals surface area (Å²) in [5, 5.41) is 17.2. The molecular formula is C16H21N3O2S. The van der Waals surface area contributed by atoms with Gasteiger partial charge in [-0.05, 0) is 30.9 Å². The minimum atomic E-state index is -1.15. The number of aryl methyl sites for hydroxylation is 1. The van der Waals surface area contributed by atoms with Crippen molar-refractivity contribution < 1.29 is 9.90 Å². The Bertz CT molecular complexity index is 635. The van der Waals surface area contributed by atoms with E-state index in [1.165, 1.54) is 5.56 Å². The fourth-order valence-electron chi connectivity index (χ4n) is 2.07. The van der Waals surface area contributed by atoms with Crippen molar-refractivity contribution in [1.29, 1.82) is 0 Å². The van der Waals surface area contributed by atoms with E-state index in [9.17, 15) is 9.90 Å². The lowest BCUT2D eigenvalue weighted by Crippen LogP contribution is -2.38. The van der Waals surface area contributed by atoms with Gasteiger partial charge in [-0.1, -0.05) is 12.1 Å². The van der Waals surface area contributed by atoms with Crippen molar-refractivity contribution in [3.05, 3.63) is 53.3 Å². The number of amides is 1. The molecule has 6 heteroatoms. The van der Waals surface area contributed by atoms with Gasteiger partial charge in [0.15, 0.2) is 0 Å². The summed E-state index contributed by atoms with van der Waals surface area (Å²) in [6.45, 7) is 1.79. The number of carbonyl (C=O) groups excluding carboxylic acids is 1. The molecule has 1 aromatic heterocycles. The normalized spacial score (nSPS) is 13.6. The highest BCUT2D eigenvalue weighted by Crippen LogP contribution is 2.18. The molecule has 5 nitrogen and oxygen atoms in total. The first-order valence-electron chi connectivity index (χ1n) is 7.00. The van der Waals surface area contributed by atoms with Crippen molar-refractivity contribution in [1.82, 2.24) is 15.1 Å². The molecule has 0 saturated carbocycles. The molecule has 1 amide bonds. The first-order chi connectivity index (χ1) is 10.4. The number of rotatable bonds is 6. The van der Waals surface area contributed by atoms with E-state index in [0.29, 0.717) is 11.1 Å². The van der Waals surface area contributed by atoms with Crippen molar-refractivity contribution >= 4 is 17.7 Å². The summed E-state index contributed by atoms with van der Waals surface area (Å²) in [4.78, 5) is 12.1. The minimum absolute atomic E-state index is 0.129. The Morgan fingerprint density at radius 3 is 2.64 bits per heavy atom. The summed E-state index contributed by atoms with van der Waals surface area (Å²) in [6, 6.07) is 7.51. The van der Waals surface area contributed by atoms with Crippen molar-refractivity contribution in [2.75, 3.05) is 12.8 Å². The first kappa shape index (κ1) is 16.6. The van der Waals surface area contributed by atoms with E-state index in [0.717, 1.165) is 5.75 Å². The van der Waals surface area contributed by atoms with Crippen LogP contribution in [0.4, 0.5) is 0 Å².